The summed E-state index contributed by atoms with van der Waals surface area (Å²) in [5, 5.41) is 11.0. The van der Waals surface area contributed by atoms with Crippen LogP contribution in [-0.2, 0) is 20.9 Å². The van der Waals surface area contributed by atoms with Crippen LogP contribution >= 0.6 is 0 Å². The molecule has 4 rings (SSSR count). The van der Waals surface area contributed by atoms with Crippen LogP contribution in [0.2, 0.25) is 0 Å². The number of alkyl halides is 3. The van der Waals surface area contributed by atoms with Crippen molar-refractivity contribution < 1.29 is 31.2 Å². The Balaban J connectivity index is 1.86. The molecule has 0 amide bonds. The molecule has 1 unspecified atom stereocenters. The van der Waals surface area contributed by atoms with Crippen LogP contribution < -0.4 is 4.31 Å². The molecule has 1 aliphatic rings. The van der Waals surface area contributed by atoms with Gasteiger partial charge in [0, 0.05) is 36.9 Å². The second kappa shape index (κ2) is 9.16. The lowest BCUT2D eigenvalue weighted by Crippen LogP contribution is -2.35. The van der Waals surface area contributed by atoms with Crippen LogP contribution in [0.5, 0.6) is 0 Å². The molecule has 0 aromatic heterocycles. The molecular weight excluding hydrogens is 485 g/mol. The first-order chi connectivity index (χ1) is 16.5. The summed E-state index contributed by atoms with van der Waals surface area (Å²) in [6.07, 6.45) is -3.37. The molecule has 1 aliphatic heterocycles. The highest BCUT2D eigenvalue weighted by Gasteiger charge is 2.37. The number of hydrogen-bond acceptors (Lipinski definition) is 5. The summed E-state index contributed by atoms with van der Waals surface area (Å²) in [4.78, 5) is 10.2. The van der Waals surface area contributed by atoms with Crippen molar-refractivity contribution in [2.24, 2.45) is 0 Å². The standard InChI is InChI=1S/C24H19F3N2O5S/c1-34-23-15-19(14-16-6-8-17(9-7-16)24(25,26)27)28(22-5-3-2-4-21(22)23)35(32,33)20-12-10-18(11-13-20)29(30)31/h2-14,23H,15H2,1H3/b19-14+. The summed E-state index contributed by atoms with van der Waals surface area (Å²) in [5.74, 6) is 0. The van der Waals surface area contributed by atoms with Crippen molar-refractivity contribution in [2.75, 3.05) is 11.4 Å². The Morgan fingerprint density at radius 2 is 1.66 bits per heavy atom. The lowest BCUT2D eigenvalue weighted by atomic mass is 9.97. The number of para-hydroxylation sites is 1. The number of fused-ring (bicyclic) bond motifs is 1. The van der Waals surface area contributed by atoms with Gasteiger partial charge in [0.25, 0.3) is 15.7 Å². The number of halogens is 3. The molecule has 35 heavy (non-hydrogen) atoms. The average molecular weight is 504 g/mol. The number of nitro benzene ring substituents is 1. The van der Waals surface area contributed by atoms with Gasteiger partial charge in [0.05, 0.1) is 27.2 Å². The molecule has 0 N–H and O–H groups in total. The van der Waals surface area contributed by atoms with Crippen LogP contribution in [0, 0.1) is 10.1 Å². The van der Waals surface area contributed by atoms with Crippen LogP contribution in [0.15, 0.2) is 83.4 Å². The van der Waals surface area contributed by atoms with E-state index in [4.69, 9.17) is 4.74 Å². The van der Waals surface area contributed by atoms with Crippen LogP contribution in [0.3, 0.4) is 0 Å². The van der Waals surface area contributed by atoms with E-state index in [0.717, 1.165) is 40.7 Å². The third-order valence-electron chi connectivity index (χ3n) is 5.60. The minimum Gasteiger partial charge on any atom is -0.376 e. The fraction of sp³-hybridized carbons (Fsp3) is 0.167. The van der Waals surface area contributed by atoms with E-state index in [-0.39, 0.29) is 22.7 Å². The Morgan fingerprint density at radius 3 is 2.23 bits per heavy atom. The monoisotopic (exact) mass is 504 g/mol. The maximum Gasteiger partial charge on any atom is 0.416 e. The van der Waals surface area contributed by atoms with E-state index in [1.54, 1.807) is 24.3 Å². The molecule has 0 fully saturated rings. The summed E-state index contributed by atoms with van der Waals surface area (Å²) < 4.78 is 73.0. The first-order valence-corrected chi connectivity index (χ1v) is 11.8. The van der Waals surface area contributed by atoms with Crippen molar-refractivity contribution in [2.45, 2.75) is 23.6 Å². The van der Waals surface area contributed by atoms with Gasteiger partial charge in [-0.15, -0.1) is 0 Å². The minimum absolute atomic E-state index is 0.126. The second-order valence-electron chi connectivity index (χ2n) is 7.76. The van der Waals surface area contributed by atoms with E-state index < -0.39 is 32.8 Å². The molecule has 3 aromatic rings. The Kier molecular flexibility index (Phi) is 6.39. The second-order valence-corrected chi connectivity index (χ2v) is 9.55. The predicted octanol–water partition coefficient (Wildman–Crippen LogP) is 5.94. The smallest absolute Gasteiger partial charge is 0.376 e. The zero-order chi connectivity index (χ0) is 25.4. The van der Waals surface area contributed by atoms with E-state index in [1.165, 1.54) is 25.3 Å². The molecule has 1 heterocycles. The third kappa shape index (κ3) is 4.77. The first-order valence-electron chi connectivity index (χ1n) is 10.3. The van der Waals surface area contributed by atoms with E-state index in [2.05, 4.69) is 0 Å². The average Bonchev–Trinajstić information content (AvgIpc) is 2.83. The molecule has 0 bridgehead atoms. The van der Waals surface area contributed by atoms with Crippen LogP contribution in [0.1, 0.15) is 29.2 Å². The van der Waals surface area contributed by atoms with Gasteiger partial charge in [-0.3, -0.25) is 10.1 Å². The quantitative estimate of drug-likeness (QED) is 0.317. The molecule has 0 saturated carbocycles. The van der Waals surface area contributed by atoms with Gasteiger partial charge < -0.3 is 4.74 Å². The number of hydrogen-bond donors (Lipinski definition) is 0. The highest BCUT2D eigenvalue weighted by molar-refractivity contribution is 7.93. The molecule has 0 spiro atoms. The van der Waals surface area contributed by atoms with Gasteiger partial charge in [-0.05, 0) is 42.0 Å². The Morgan fingerprint density at radius 1 is 1.03 bits per heavy atom. The van der Waals surface area contributed by atoms with E-state index >= 15 is 0 Å². The number of non-ortho nitro benzene ring substituents is 1. The summed E-state index contributed by atoms with van der Waals surface area (Å²) in [6, 6.07) is 15.6. The van der Waals surface area contributed by atoms with Crippen molar-refractivity contribution in [3.8, 4) is 0 Å². The maximum atomic E-state index is 13.7. The number of methoxy groups -OCH3 is 1. The number of ether oxygens (including phenoxy) is 1. The van der Waals surface area contributed by atoms with Crippen molar-refractivity contribution in [3.05, 3.63) is 105 Å². The van der Waals surface area contributed by atoms with Gasteiger partial charge in [-0.25, -0.2) is 12.7 Å². The molecule has 182 valence electrons. The van der Waals surface area contributed by atoms with Crippen LogP contribution in [0.25, 0.3) is 6.08 Å². The van der Waals surface area contributed by atoms with Crippen molar-refractivity contribution in [1.82, 2.24) is 0 Å². The molecular formula is C24H19F3N2O5S. The molecule has 1 atom stereocenters. The van der Waals surface area contributed by atoms with Crippen LogP contribution in [-0.4, -0.2) is 20.5 Å². The molecule has 0 saturated heterocycles. The molecule has 0 radical (unpaired) electrons. The molecule has 0 aliphatic carbocycles. The van der Waals surface area contributed by atoms with E-state index in [1.807, 2.05) is 0 Å². The van der Waals surface area contributed by atoms with Crippen molar-refractivity contribution in [1.29, 1.82) is 0 Å². The number of benzene rings is 3. The maximum absolute atomic E-state index is 13.7. The molecule has 11 heteroatoms. The van der Waals surface area contributed by atoms with Gasteiger partial charge in [0.2, 0.25) is 0 Å². The fourth-order valence-electron chi connectivity index (χ4n) is 3.90. The Bertz CT molecular complexity index is 1390. The number of nitro groups is 1. The predicted molar refractivity (Wildman–Crippen MR) is 123 cm³/mol. The SMILES string of the molecule is COC1C/C(=C\c2ccc(C(F)(F)F)cc2)N(S(=O)(=O)c2ccc([N+](=O)[O-])cc2)c2ccccc21. The Hall–Kier alpha value is -3.70. The molecule has 3 aromatic carbocycles. The van der Waals surface area contributed by atoms with Gasteiger partial charge in [-0.2, -0.15) is 13.2 Å². The lowest BCUT2D eigenvalue weighted by molar-refractivity contribution is -0.384. The van der Waals surface area contributed by atoms with Gasteiger partial charge in [0.1, 0.15) is 0 Å². The van der Waals surface area contributed by atoms with Gasteiger partial charge >= 0.3 is 6.18 Å². The zero-order valence-electron chi connectivity index (χ0n) is 18.3. The van der Waals surface area contributed by atoms with E-state index in [9.17, 15) is 31.7 Å². The van der Waals surface area contributed by atoms with E-state index in [0.29, 0.717) is 16.8 Å². The van der Waals surface area contributed by atoms with Crippen molar-refractivity contribution in [3.63, 3.8) is 0 Å². The topological polar surface area (TPSA) is 89.8 Å². The lowest BCUT2D eigenvalue weighted by Gasteiger charge is -2.36. The fourth-order valence-corrected chi connectivity index (χ4v) is 5.45. The summed E-state index contributed by atoms with van der Waals surface area (Å²) in [5.41, 5.74) is 0.494. The highest BCUT2D eigenvalue weighted by Crippen LogP contribution is 2.44. The Labute approximate surface area is 199 Å². The number of sulfonamides is 1. The minimum atomic E-state index is -4.50. The normalized spacial score (nSPS) is 17.3. The summed E-state index contributed by atoms with van der Waals surface area (Å²) in [7, 11) is -2.76. The number of anilines is 1. The zero-order valence-corrected chi connectivity index (χ0v) is 19.1. The third-order valence-corrected chi connectivity index (χ3v) is 7.38. The molecule has 7 nitrogen and oxygen atoms in total. The summed E-state index contributed by atoms with van der Waals surface area (Å²) >= 11 is 0. The van der Waals surface area contributed by atoms with Gasteiger partial charge in [0.15, 0.2) is 0 Å². The number of rotatable bonds is 5. The summed E-state index contributed by atoms with van der Waals surface area (Å²) in [6.45, 7) is 0. The highest BCUT2D eigenvalue weighted by atomic mass is 32.2. The van der Waals surface area contributed by atoms with Crippen LogP contribution in [0.4, 0.5) is 24.5 Å². The van der Waals surface area contributed by atoms with Gasteiger partial charge in [-0.1, -0.05) is 30.3 Å². The van der Waals surface area contributed by atoms with Crippen molar-refractivity contribution >= 4 is 27.5 Å². The largest absolute Gasteiger partial charge is 0.416 e. The first kappa shape index (κ1) is 24.4. The number of nitrogens with zero attached hydrogens (tertiary/aromatic N) is 2.